The number of aryl methyl sites for hydroxylation is 1. The van der Waals surface area contributed by atoms with Gasteiger partial charge >= 0.3 is 0 Å². The van der Waals surface area contributed by atoms with E-state index in [-0.39, 0.29) is 5.54 Å². The summed E-state index contributed by atoms with van der Waals surface area (Å²) in [5.41, 5.74) is 2.73. The molecular weight excluding hydrogens is 174 g/mol. The van der Waals surface area contributed by atoms with Crippen LogP contribution in [-0.2, 0) is 13.1 Å². The van der Waals surface area contributed by atoms with E-state index in [4.69, 9.17) is 0 Å². The van der Waals surface area contributed by atoms with Crippen molar-refractivity contribution >= 4 is 0 Å². The van der Waals surface area contributed by atoms with Crippen LogP contribution in [0, 0.1) is 6.92 Å². The zero-order valence-corrected chi connectivity index (χ0v) is 9.89. The van der Waals surface area contributed by atoms with E-state index in [9.17, 15) is 0 Å². The predicted octanol–water partition coefficient (Wildman–Crippen LogP) is 2.10. The highest BCUT2D eigenvalue weighted by atomic mass is 15.3. The number of hydrogen-bond acceptors (Lipinski definition) is 2. The summed E-state index contributed by atoms with van der Waals surface area (Å²) in [6.45, 7) is 12.6. The van der Waals surface area contributed by atoms with Crippen LogP contribution in [0.1, 0.15) is 39.0 Å². The van der Waals surface area contributed by atoms with E-state index < -0.39 is 0 Å². The Balaban J connectivity index is 2.64. The fourth-order valence-corrected chi connectivity index (χ4v) is 1.34. The average Bonchev–Trinajstić information content (AvgIpc) is 2.42. The van der Waals surface area contributed by atoms with Crippen molar-refractivity contribution in [1.82, 2.24) is 15.1 Å². The fraction of sp³-hybridized carbons (Fsp3) is 0.727. The third-order valence-corrected chi connectivity index (χ3v) is 2.31. The third-order valence-electron chi connectivity index (χ3n) is 2.31. The van der Waals surface area contributed by atoms with Gasteiger partial charge in [-0.2, -0.15) is 5.10 Å². The topological polar surface area (TPSA) is 29.9 Å². The summed E-state index contributed by atoms with van der Waals surface area (Å²) >= 11 is 0. The van der Waals surface area contributed by atoms with Crippen molar-refractivity contribution in [2.45, 2.75) is 53.2 Å². The lowest BCUT2D eigenvalue weighted by atomic mass is 10.1. The minimum atomic E-state index is 0.167. The molecule has 0 aromatic carbocycles. The Labute approximate surface area is 86.5 Å². The van der Waals surface area contributed by atoms with Crippen LogP contribution in [0.5, 0.6) is 0 Å². The van der Waals surface area contributed by atoms with Crippen LogP contribution in [0.25, 0.3) is 0 Å². The number of hydrogen-bond donors (Lipinski definition) is 1. The van der Waals surface area contributed by atoms with Crippen molar-refractivity contribution in [1.29, 1.82) is 0 Å². The van der Waals surface area contributed by atoms with Gasteiger partial charge in [0.05, 0.1) is 6.20 Å². The SMILES string of the molecule is CCn1ncc(CNC(C)(C)C)c1C. The van der Waals surface area contributed by atoms with E-state index in [0.29, 0.717) is 0 Å². The van der Waals surface area contributed by atoms with Crippen LogP contribution < -0.4 is 5.32 Å². The van der Waals surface area contributed by atoms with Crippen LogP contribution in [0.2, 0.25) is 0 Å². The molecule has 3 nitrogen and oxygen atoms in total. The van der Waals surface area contributed by atoms with E-state index in [1.54, 1.807) is 0 Å². The Morgan fingerprint density at radius 1 is 1.43 bits per heavy atom. The smallest absolute Gasteiger partial charge is 0.0537 e. The maximum Gasteiger partial charge on any atom is 0.0537 e. The highest BCUT2D eigenvalue weighted by Gasteiger charge is 2.11. The molecule has 14 heavy (non-hydrogen) atoms. The minimum absolute atomic E-state index is 0.167. The van der Waals surface area contributed by atoms with Crippen molar-refractivity contribution in [3.05, 3.63) is 17.5 Å². The van der Waals surface area contributed by atoms with Crippen molar-refractivity contribution in [3.63, 3.8) is 0 Å². The fourth-order valence-electron chi connectivity index (χ4n) is 1.34. The van der Waals surface area contributed by atoms with Crippen LogP contribution >= 0.6 is 0 Å². The molecule has 0 unspecified atom stereocenters. The lowest BCUT2D eigenvalue weighted by Gasteiger charge is -2.20. The Morgan fingerprint density at radius 3 is 2.50 bits per heavy atom. The summed E-state index contributed by atoms with van der Waals surface area (Å²) in [6.07, 6.45) is 1.96. The second-order valence-corrected chi connectivity index (χ2v) is 4.67. The molecule has 0 atom stereocenters. The van der Waals surface area contributed by atoms with E-state index >= 15 is 0 Å². The lowest BCUT2D eigenvalue weighted by Crippen LogP contribution is -2.35. The summed E-state index contributed by atoms with van der Waals surface area (Å²) < 4.78 is 2.03. The Hall–Kier alpha value is -0.830. The number of aromatic nitrogens is 2. The van der Waals surface area contributed by atoms with Gasteiger partial charge in [-0.15, -0.1) is 0 Å². The molecule has 3 heteroatoms. The van der Waals surface area contributed by atoms with Crippen LogP contribution in [0.4, 0.5) is 0 Å². The molecule has 0 fully saturated rings. The van der Waals surface area contributed by atoms with Gasteiger partial charge in [-0.25, -0.2) is 0 Å². The minimum Gasteiger partial charge on any atom is -0.308 e. The first-order chi connectivity index (χ1) is 6.44. The molecule has 0 spiro atoms. The van der Waals surface area contributed by atoms with Gasteiger partial charge in [0, 0.05) is 29.9 Å². The van der Waals surface area contributed by atoms with Gasteiger partial charge in [0.2, 0.25) is 0 Å². The molecular formula is C11H21N3. The Kier molecular flexibility index (Phi) is 3.32. The number of rotatable bonds is 3. The monoisotopic (exact) mass is 195 g/mol. The first-order valence-corrected chi connectivity index (χ1v) is 5.20. The summed E-state index contributed by atoms with van der Waals surface area (Å²) in [5.74, 6) is 0. The zero-order chi connectivity index (χ0) is 10.8. The van der Waals surface area contributed by atoms with Crippen molar-refractivity contribution in [3.8, 4) is 0 Å². The maximum absolute atomic E-state index is 4.31. The molecule has 0 amide bonds. The zero-order valence-electron chi connectivity index (χ0n) is 9.89. The van der Waals surface area contributed by atoms with Crippen LogP contribution in [0.3, 0.4) is 0 Å². The third kappa shape index (κ3) is 2.84. The maximum atomic E-state index is 4.31. The van der Waals surface area contributed by atoms with Gasteiger partial charge in [-0.3, -0.25) is 4.68 Å². The first kappa shape index (κ1) is 11.2. The normalized spacial score (nSPS) is 12.1. The summed E-state index contributed by atoms with van der Waals surface area (Å²) in [7, 11) is 0. The second-order valence-electron chi connectivity index (χ2n) is 4.67. The van der Waals surface area contributed by atoms with E-state index in [0.717, 1.165) is 13.1 Å². The molecule has 80 valence electrons. The number of nitrogens with zero attached hydrogens (tertiary/aromatic N) is 2. The van der Waals surface area contributed by atoms with E-state index in [2.05, 4.69) is 45.0 Å². The molecule has 1 aromatic heterocycles. The van der Waals surface area contributed by atoms with Crippen molar-refractivity contribution < 1.29 is 0 Å². The molecule has 0 bridgehead atoms. The van der Waals surface area contributed by atoms with Gasteiger partial charge in [0.1, 0.15) is 0 Å². The molecule has 0 saturated heterocycles. The average molecular weight is 195 g/mol. The van der Waals surface area contributed by atoms with Gasteiger partial charge in [-0.05, 0) is 34.6 Å². The highest BCUT2D eigenvalue weighted by molar-refractivity contribution is 5.15. The molecule has 0 radical (unpaired) electrons. The van der Waals surface area contributed by atoms with Crippen LogP contribution in [0.15, 0.2) is 6.20 Å². The van der Waals surface area contributed by atoms with Gasteiger partial charge in [-0.1, -0.05) is 0 Å². The molecule has 0 aliphatic heterocycles. The second kappa shape index (κ2) is 4.13. The van der Waals surface area contributed by atoms with Gasteiger partial charge in [0.15, 0.2) is 0 Å². The lowest BCUT2D eigenvalue weighted by molar-refractivity contribution is 0.423. The molecule has 0 saturated carbocycles. The standard InChI is InChI=1S/C11H21N3/c1-6-14-9(2)10(8-13-14)7-12-11(3,4)5/h8,12H,6-7H2,1-5H3. The summed E-state index contributed by atoms with van der Waals surface area (Å²) in [4.78, 5) is 0. The van der Waals surface area contributed by atoms with Crippen molar-refractivity contribution in [2.24, 2.45) is 0 Å². The largest absolute Gasteiger partial charge is 0.308 e. The Bertz CT molecular complexity index is 294. The molecule has 1 aromatic rings. The number of nitrogens with one attached hydrogen (secondary N) is 1. The summed E-state index contributed by atoms with van der Waals surface area (Å²) in [6, 6.07) is 0. The van der Waals surface area contributed by atoms with Gasteiger partial charge < -0.3 is 5.32 Å². The Morgan fingerprint density at radius 2 is 2.07 bits per heavy atom. The van der Waals surface area contributed by atoms with Gasteiger partial charge in [0.25, 0.3) is 0 Å². The van der Waals surface area contributed by atoms with Crippen LogP contribution in [-0.4, -0.2) is 15.3 Å². The molecule has 1 heterocycles. The quantitative estimate of drug-likeness (QED) is 0.800. The molecule has 0 aliphatic rings. The molecule has 0 aliphatic carbocycles. The predicted molar refractivity (Wildman–Crippen MR) is 59.2 cm³/mol. The molecule has 1 N–H and O–H groups in total. The first-order valence-electron chi connectivity index (χ1n) is 5.20. The van der Waals surface area contributed by atoms with Crippen molar-refractivity contribution in [2.75, 3.05) is 0 Å². The van der Waals surface area contributed by atoms with E-state index in [1.807, 2.05) is 10.9 Å². The summed E-state index contributed by atoms with van der Waals surface area (Å²) in [5, 5.41) is 7.77. The van der Waals surface area contributed by atoms with E-state index in [1.165, 1.54) is 11.3 Å². The highest BCUT2D eigenvalue weighted by Crippen LogP contribution is 2.08. The molecule has 1 rings (SSSR count).